The van der Waals surface area contributed by atoms with E-state index in [1.165, 1.54) is 45.4 Å². The van der Waals surface area contributed by atoms with Crippen LogP contribution in [0, 0.1) is 39.9 Å². The molecule has 1 spiro atoms. The van der Waals surface area contributed by atoms with Gasteiger partial charge in [-0.2, -0.15) is 0 Å². The molecule has 5 fully saturated rings. The lowest BCUT2D eigenvalue weighted by Gasteiger charge is -2.59. The molecule has 144 valence electrons. The Morgan fingerprint density at radius 1 is 0.846 bits per heavy atom. The van der Waals surface area contributed by atoms with Gasteiger partial charge in [0.2, 0.25) is 0 Å². The molecule has 0 heterocycles. The second-order valence-corrected chi connectivity index (χ2v) is 10.9. The Morgan fingerprint density at radius 3 is 2.15 bits per heavy atom. The molecule has 0 amide bonds. The Labute approximate surface area is 157 Å². The van der Waals surface area contributed by atoms with E-state index in [-0.39, 0.29) is 17.2 Å². The molecule has 0 aromatic carbocycles. The van der Waals surface area contributed by atoms with Crippen molar-refractivity contribution in [3.05, 3.63) is 0 Å². The lowest BCUT2D eigenvalue weighted by atomic mass is 9.45. The summed E-state index contributed by atoms with van der Waals surface area (Å²) in [6, 6.07) is 0. The predicted octanol–water partition coefficient (Wildman–Crippen LogP) is 4.92. The first kappa shape index (κ1) is 17.3. The maximum atomic E-state index is 12.7. The van der Waals surface area contributed by atoms with Crippen LogP contribution in [0.3, 0.4) is 0 Å². The number of hydrogen-bond donors (Lipinski definition) is 0. The van der Waals surface area contributed by atoms with E-state index in [1.807, 2.05) is 0 Å². The Morgan fingerprint density at radius 2 is 1.50 bits per heavy atom. The van der Waals surface area contributed by atoms with Crippen molar-refractivity contribution >= 4 is 11.8 Å². The molecular weight excluding hydrogens is 324 g/mol. The van der Waals surface area contributed by atoms with Gasteiger partial charge in [-0.1, -0.05) is 13.8 Å². The van der Waals surface area contributed by atoms with Crippen molar-refractivity contribution in [3.63, 3.8) is 0 Å². The van der Waals surface area contributed by atoms with Crippen molar-refractivity contribution in [2.75, 3.05) is 0 Å². The standard InChI is InChI=1S/C23H34O3/c1-14(24)23(26-15(2)25)12-8-19-17-6-11-22-13-16(22)5-9-20(22,3)18(17)7-10-21(19,23)4/h16-19H,5-13H2,1-4H3/t16-,17-,18-,19-,20-,21+,22+,23+/m1/s1. The first-order chi connectivity index (χ1) is 12.2. The quantitative estimate of drug-likeness (QED) is 0.658. The molecule has 0 aromatic heterocycles. The number of ketones is 1. The molecule has 0 aromatic rings. The molecule has 0 bridgehead atoms. The van der Waals surface area contributed by atoms with Crippen molar-refractivity contribution in [2.45, 2.75) is 91.1 Å². The molecule has 8 atom stereocenters. The highest BCUT2D eigenvalue weighted by molar-refractivity contribution is 5.89. The minimum atomic E-state index is -0.873. The molecule has 0 N–H and O–H groups in total. The van der Waals surface area contributed by atoms with Gasteiger partial charge in [0.25, 0.3) is 0 Å². The highest BCUT2D eigenvalue weighted by Gasteiger charge is 2.75. The van der Waals surface area contributed by atoms with Crippen LogP contribution in [0.2, 0.25) is 0 Å². The van der Waals surface area contributed by atoms with Crippen molar-refractivity contribution < 1.29 is 14.3 Å². The molecule has 3 heteroatoms. The van der Waals surface area contributed by atoms with Crippen molar-refractivity contribution in [3.8, 4) is 0 Å². The number of esters is 1. The summed E-state index contributed by atoms with van der Waals surface area (Å²) in [5.74, 6) is 2.87. The fourth-order valence-electron chi connectivity index (χ4n) is 9.29. The summed E-state index contributed by atoms with van der Waals surface area (Å²) >= 11 is 0. The zero-order valence-electron chi connectivity index (χ0n) is 16.9. The first-order valence-corrected chi connectivity index (χ1v) is 10.9. The van der Waals surface area contributed by atoms with Gasteiger partial charge >= 0.3 is 5.97 Å². The van der Waals surface area contributed by atoms with Gasteiger partial charge in [0.15, 0.2) is 11.4 Å². The lowest BCUT2D eigenvalue weighted by molar-refractivity contribution is -0.190. The zero-order chi connectivity index (χ0) is 18.5. The second-order valence-electron chi connectivity index (χ2n) is 10.9. The predicted molar refractivity (Wildman–Crippen MR) is 99.3 cm³/mol. The first-order valence-electron chi connectivity index (χ1n) is 10.9. The third-order valence-corrected chi connectivity index (χ3v) is 10.6. The van der Waals surface area contributed by atoms with Crippen LogP contribution < -0.4 is 0 Å². The lowest BCUT2D eigenvalue weighted by Crippen LogP contribution is -2.59. The highest BCUT2D eigenvalue weighted by atomic mass is 16.6. The third kappa shape index (κ3) is 1.72. The number of ether oxygens (including phenoxy) is 1. The van der Waals surface area contributed by atoms with Crippen LogP contribution in [0.25, 0.3) is 0 Å². The zero-order valence-corrected chi connectivity index (χ0v) is 16.9. The molecule has 0 aliphatic heterocycles. The van der Waals surface area contributed by atoms with E-state index in [0.29, 0.717) is 16.7 Å². The van der Waals surface area contributed by atoms with Gasteiger partial charge in [-0.25, -0.2) is 0 Å². The normalized spacial score (nSPS) is 56.8. The van der Waals surface area contributed by atoms with Gasteiger partial charge in [0.1, 0.15) is 0 Å². The van der Waals surface area contributed by atoms with Crippen LogP contribution >= 0.6 is 0 Å². The number of hydrogen-bond acceptors (Lipinski definition) is 3. The van der Waals surface area contributed by atoms with E-state index in [4.69, 9.17) is 4.74 Å². The molecule has 5 saturated carbocycles. The highest BCUT2D eigenvalue weighted by Crippen LogP contribution is 2.82. The summed E-state index contributed by atoms with van der Waals surface area (Å²) in [4.78, 5) is 24.6. The molecular formula is C23H34O3. The van der Waals surface area contributed by atoms with Crippen molar-refractivity contribution in [1.82, 2.24) is 0 Å². The summed E-state index contributed by atoms with van der Waals surface area (Å²) in [6.45, 7) is 7.99. The number of carbonyl (C=O) groups excluding carboxylic acids is 2. The van der Waals surface area contributed by atoms with E-state index >= 15 is 0 Å². The molecule has 0 unspecified atom stereocenters. The largest absolute Gasteiger partial charge is 0.451 e. The van der Waals surface area contributed by atoms with Crippen LogP contribution in [0.4, 0.5) is 0 Å². The molecule has 0 saturated heterocycles. The molecule has 5 rings (SSSR count). The summed E-state index contributed by atoms with van der Waals surface area (Å²) in [5.41, 5.74) is 0.162. The Bertz CT molecular complexity index is 685. The van der Waals surface area contributed by atoms with Crippen LogP contribution in [-0.4, -0.2) is 17.4 Å². The van der Waals surface area contributed by atoms with Gasteiger partial charge in [0, 0.05) is 12.3 Å². The summed E-state index contributed by atoms with van der Waals surface area (Å²) in [6.07, 6.45) is 11.2. The minimum absolute atomic E-state index is 0.0674. The molecule has 5 aliphatic carbocycles. The number of fused-ring (bicyclic) bond motifs is 4. The third-order valence-electron chi connectivity index (χ3n) is 10.6. The van der Waals surface area contributed by atoms with E-state index < -0.39 is 5.60 Å². The van der Waals surface area contributed by atoms with E-state index in [2.05, 4.69) is 13.8 Å². The maximum absolute atomic E-state index is 12.7. The van der Waals surface area contributed by atoms with Crippen LogP contribution in [0.1, 0.15) is 85.5 Å². The topological polar surface area (TPSA) is 43.4 Å². The van der Waals surface area contributed by atoms with Gasteiger partial charge in [-0.3, -0.25) is 9.59 Å². The fourth-order valence-corrected chi connectivity index (χ4v) is 9.29. The van der Waals surface area contributed by atoms with E-state index in [1.54, 1.807) is 6.92 Å². The summed E-state index contributed by atoms with van der Waals surface area (Å²) in [7, 11) is 0. The molecule has 26 heavy (non-hydrogen) atoms. The summed E-state index contributed by atoms with van der Waals surface area (Å²) in [5, 5.41) is 0. The van der Waals surface area contributed by atoms with Crippen LogP contribution in [0.5, 0.6) is 0 Å². The minimum Gasteiger partial charge on any atom is -0.451 e. The van der Waals surface area contributed by atoms with Gasteiger partial charge in [-0.05, 0) is 99.2 Å². The Kier molecular flexibility index (Phi) is 3.28. The van der Waals surface area contributed by atoms with E-state index in [9.17, 15) is 9.59 Å². The van der Waals surface area contributed by atoms with Gasteiger partial charge < -0.3 is 4.74 Å². The molecule has 3 nitrogen and oxygen atoms in total. The Balaban J connectivity index is 1.51. The SMILES string of the molecule is CC(=O)O[C@]1(C(C)=O)CC[C@@H]2[C@@H]3CC[C@]45C[C@H]4CC[C@]5(C)[C@@H]3CC[C@@]21C. The summed E-state index contributed by atoms with van der Waals surface area (Å²) < 4.78 is 5.86. The average Bonchev–Trinajstić information content (AvgIpc) is 3.10. The van der Waals surface area contributed by atoms with Crippen LogP contribution in [0.15, 0.2) is 0 Å². The van der Waals surface area contributed by atoms with Crippen molar-refractivity contribution in [2.24, 2.45) is 39.9 Å². The molecule has 0 radical (unpaired) electrons. The fraction of sp³-hybridized carbons (Fsp3) is 0.913. The number of rotatable bonds is 2. The van der Waals surface area contributed by atoms with Gasteiger partial charge in [-0.15, -0.1) is 0 Å². The Hall–Kier alpha value is -0.860. The second kappa shape index (κ2) is 4.94. The van der Waals surface area contributed by atoms with Gasteiger partial charge in [0.05, 0.1) is 0 Å². The molecule has 5 aliphatic rings. The monoisotopic (exact) mass is 358 g/mol. The average molecular weight is 359 g/mol. The maximum Gasteiger partial charge on any atom is 0.303 e. The van der Waals surface area contributed by atoms with E-state index in [0.717, 1.165) is 37.0 Å². The smallest absolute Gasteiger partial charge is 0.303 e. The van der Waals surface area contributed by atoms with Crippen molar-refractivity contribution in [1.29, 1.82) is 0 Å². The van der Waals surface area contributed by atoms with Crippen LogP contribution in [-0.2, 0) is 14.3 Å². The number of carbonyl (C=O) groups is 2. The number of Topliss-reactive ketones (excluding diaryl/α,β-unsaturated/α-hetero) is 1.